The minimum absolute atomic E-state index is 0.0626. The number of benzene rings is 2. The highest BCUT2D eigenvalue weighted by atomic mass is 32.2. The van der Waals surface area contributed by atoms with Crippen LogP contribution in [0.15, 0.2) is 53.4 Å². The summed E-state index contributed by atoms with van der Waals surface area (Å²) in [6.45, 7) is 3.31. The Labute approximate surface area is 187 Å². The van der Waals surface area contributed by atoms with Gasteiger partial charge in [0, 0.05) is 39.3 Å². The highest BCUT2D eigenvalue weighted by Gasteiger charge is 2.34. The van der Waals surface area contributed by atoms with Gasteiger partial charge in [0.2, 0.25) is 15.9 Å². The van der Waals surface area contributed by atoms with Gasteiger partial charge in [-0.2, -0.15) is 4.31 Å². The van der Waals surface area contributed by atoms with Gasteiger partial charge in [-0.15, -0.1) is 0 Å². The summed E-state index contributed by atoms with van der Waals surface area (Å²) in [6, 6.07) is 12.7. The molecule has 0 spiro atoms. The first-order valence-corrected chi connectivity index (χ1v) is 12.3. The third kappa shape index (κ3) is 5.00. The van der Waals surface area contributed by atoms with E-state index in [2.05, 4.69) is 17.0 Å². The molecule has 1 amide bonds. The summed E-state index contributed by atoms with van der Waals surface area (Å²) < 4.78 is 53.4. The maximum absolute atomic E-state index is 13.5. The molecule has 2 fully saturated rings. The smallest absolute Gasteiger partial charge is 0.243 e. The maximum atomic E-state index is 13.5. The van der Waals surface area contributed by atoms with Crippen molar-refractivity contribution >= 4 is 15.9 Å². The zero-order valence-electron chi connectivity index (χ0n) is 17.8. The molecule has 2 aromatic rings. The summed E-state index contributed by atoms with van der Waals surface area (Å²) in [5.41, 5.74) is 1.22. The van der Waals surface area contributed by atoms with Crippen LogP contribution in [0, 0.1) is 17.6 Å². The first kappa shape index (κ1) is 22.8. The van der Waals surface area contributed by atoms with Gasteiger partial charge in [0.05, 0.1) is 10.8 Å². The van der Waals surface area contributed by atoms with Crippen molar-refractivity contribution in [1.29, 1.82) is 0 Å². The van der Waals surface area contributed by atoms with Crippen LogP contribution in [-0.2, 0) is 21.4 Å². The fourth-order valence-electron chi connectivity index (χ4n) is 4.44. The average molecular weight is 464 g/mol. The second-order valence-electron chi connectivity index (χ2n) is 8.37. The van der Waals surface area contributed by atoms with Gasteiger partial charge < -0.3 is 4.90 Å². The molecule has 9 heteroatoms. The van der Waals surface area contributed by atoms with Crippen LogP contribution in [0.3, 0.4) is 0 Å². The number of likely N-dealkylation sites (tertiary alicyclic amines) is 1. The summed E-state index contributed by atoms with van der Waals surface area (Å²) >= 11 is 0. The van der Waals surface area contributed by atoms with E-state index >= 15 is 0 Å². The van der Waals surface area contributed by atoms with E-state index in [4.69, 9.17) is 0 Å². The number of hydrogen-bond acceptors (Lipinski definition) is 4. The molecule has 2 heterocycles. The van der Waals surface area contributed by atoms with Gasteiger partial charge in [-0.05, 0) is 43.1 Å². The van der Waals surface area contributed by atoms with Gasteiger partial charge in [-0.1, -0.05) is 30.3 Å². The van der Waals surface area contributed by atoms with Crippen LogP contribution in [0.2, 0.25) is 0 Å². The lowest BCUT2D eigenvalue weighted by Crippen LogP contribution is -2.53. The van der Waals surface area contributed by atoms with Crippen molar-refractivity contribution in [2.75, 3.05) is 39.3 Å². The third-order valence-corrected chi connectivity index (χ3v) is 8.08. The predicted molar refractivity (Wildman–Crippen MR) is 116 cm³/mol. The Morgan fingerprint density at radius 2 is 1.66 bits per heavy atom. The summed E-state index contributed by atoms with van der Waals surface area (Å²) in [5, 5.41) is 0. The fourth-order valence-corrected chi connectivity index (χ4v) is 5.87. The molecule has 0 radical (unpaired) electrons. The molecule has 172 valence electrons. The topological polar surface area (TPSA) is 60.9 Å². The molecule has 2 saturated heterocycles. The van der Waals surface area contributed by atoms with Gasteiger partial charge in [-0.3, -0.25) is 9.69 Å². The number of amides is 1. The van der Waals surface area contributed by atoms with Crippen molar-refractivity contribution in [3.05, 3.63) is 65.7 Å². The van der Waals surface area contributed by atoms with Crippen molar-refractivity contribution in [2.24, 2.45) is 5.92 Å². The standard InChI is InChI=1S/C23H27F2N3O3S/c24-21-9-8-20(15-22(21)25)32(30,31)28-13-11-27(12-14-28)23(29)19-7-4-10-26(17-19)16-18-5-2-1-3-6-18/h1-3,5-6,8-9,15,19H,4,7,10-14,16-17H2. The lowest BCUT2D eigenvalue weighted by Gasteiger charge is -2.38. The molecular formula is C23H27F2N3O3S. The van der Waals surface area contributed by atoms with Crippen molar-refractivity contribution in [3.8, 4) is 0 Å². The van der Waals surface area contributed by atoms with Crippen LogP contribution in [0.5, 0.6) is 0 Å². The molecule has 0 N–H and O–H groups in total. The Balaban J connectivity index is 1.34. The number of hydrogen-bond donors (Lipinski definition) is 0. The number of piperidine rings is 1. The van der Waals surface area contributed by atoms with E-state index < -0.39 is 21.7 Å². The van der Waals surface area contributed by atoms with E-state index in [-0.39, 0.29) is 42.9 Å². The first-order chi connectivity index (χ1) is 15.3. The quantitative estimate of drug-likeness (QED) is 0.684. The zero-order valence-corrected chi connectivity index (χ0v) is 18.6. The largest absolute Gasteiger partial charge is 0.340 e. The second kappa shape index (κ2) is 9.64. The van der Waals surface area contributed by atoms with Crippen LogP contribution in [-0.4, -0.2) is 67.7 Å². The van der Waals surface area contributed by atoms with Gasteiger partial charge in [0.1, 0.15) is 0 Å². The molecule has 0 bridgehead atoms. The Kier molecular flexibility index (Phi) is 6.88. The minimum Gasteiger partial charge on any atom is -0.340 e. The van der Waals surface area contributed by atoms with Crippen molar-refractivity contribution in [1.82, 2.24) is 14.1 Å². The molecule has 2 aliphatic rings. The zero-order chi connectivity index (χ0) is 22.7. The van der Waals surface area contributed by atoms with E-state index in [1.807, 2.05) is 18.2 Å². The van der Waals surface area contributed by atoms with E-state index in [0.717, 1.165) is 38.1 Å². The Morgan fingerprint density at radius 3 is 2.34 bits per heavy atom. The number of carbonyl (C=O) groups is 1. The first-order valence-electron chi connectivity index (χ1n) is 10.8. The maximum Gasteiger partial charge on any atom is 0.243 e. The SMILES string of the molecule is O=C(C1CCCN(Cc2ccccc2)C1)N1CCN(S(=O)(=O)c2ccc(F)c(F)c2)CC1. The molecule has 1 atom stereocenters. The minimum atomic E-state index is -3.94. The lowest BCUT2D eigenvalue weighted by atomic mass is 9.95. The fraction of sp³-hybridized carbons (Fsp3) is 0.435. The third-order valence-electron chi connectivity index (χ3n) is 6.18. The van der Waals surface area contributed by atoms with Crippen molar-refractivity contribution in [2.45, 2.75) is 24.3 Å². The summed E-state index contributed by atoms with van der Waals surface area (Å²) in [5.74, 6) is -2.32. The summed E-state index contributed by atoms with van der Waals surface area (Å²) in [7, 11) is -3.94. The van der Waals surface area contributed by atoms with Crippen molar-refractivity contribution < 1.29 is 22.0 Å². The Bertz CT molecular complexity index is 1060. The van der Waals surface area contributed by atoms with Crippen molar-refractivity contribution in [3.63, 3.8) is 0 Å². The van der Waals surface area contributed by atoms with Crippen LogP contribution in [0.4, 0.5) is 8.78 Å². The van der Waals surface area contributed by atoms with Gasteiger partial charge in [0.15, 0.2) is 11.6 Å². The molecule has 0 aliphatic carbocycles. The highest BCUT2D eigenvalue weighted by molar-refractivity contribution is 7.89. The van der Waals surface area contributed by atoms with Crippen LogP contribution < -0.4 is 0 Å². The van der Waals surface area contributed by atoms with Gasteiger partial charge in [-0.25, -0.2) is 17.2 Å². The Morgan fingerprint density at radius 1 is 0.938 bits per heavy atom. The van der Waals surface area contributed by atoms with E-state index in [1.165, 1.54) is 9.87 Å². The second-order valence-corrected chi connectivity index (χ2v) is 10.3. The number of carbonyl (C=O) groups excluding carboxylic acids is 1. The van der Waals surface area contributed by atoms with E-state index in [9.17, 15) is 22.0 Å². The molecule has 0 aromatic heterocycles. The molecule has 0 saturated carbocycles. The number of halogens is 2. The molecule has 2 aromatic carbocycles. The molecule has 32 heavy (non-hydrogen) atoms. The number of rotatable bonds is 5. The molecule has 4 rings (SSSR count). The van der Waals surface area contributed by atoms with E-state index in [0.29, 0.717) is 12.6 Å². The molecule has 1 unspecified atom stereocenters. The van der Waals surface area contributed by atoms with Gasteiger partial charge in [0.25, 0.3) is 0 Å². The van der Waals surface area contributed by atoms with Gasteiger partial charge >= 0.3 is 0 Å². The predicted octanol–water partition coefficient (Wildman–Crippen LogP) is 2.71. The number of piperazine rings is 1. The Hall–Kier alpha value is -2.36. The molecule has 6 nitrogen and oxygen atoms in total. The lowest BCUT2D eigenvalue weighted by molar-refractivity contribution is -0.138. The highest BCUT2D eigenvalue weighted by Crippen LogP contribution is 2.23. The summed E-state index contributed by atoms with van der Waals surface area (Å²) in [6.07, 6.45) is 1.78. The number of sulfonamides is 1. The molecule has 2 aliphatic heterocycles. The van der Waals surface area contributed by atoms with Crippen LogP contribution in [0.1, 0.15) is 18.4 Å². The normalized spacial score (nSPS) is 20.9. The number of nitrogens with zero attached hydrogens (tertiary/aromatic N) is 3. The van der Waals surface area contributed by atoms with E-state index in [1.54, 1.807) is 4.90 Å². The van der Waals surface area contributed by atoms with Crippen LogP contribution >= 0.6 is 0 Å². The molecular weight excluding hydrogens is 436 g/mol. The summed E-state index contributed by atoms with van der Waals surface area (Å²) in [4.78, 5) is 16.8. The monoisotopic (exact) mass is 463 g/mol. The average Bonchev–Trinajstić information content (AvgIpc) is 2.81. The van der Waals surface area contributed by atoms with Crippen LogP contribution in [0.25, 0.3) is 0 Å².